The Morgan fingerprint density at radius 2 is 2.07 bits per heavy atom. The van der Waals surface area contributed by atoms with E-state index < -0.39 is 0 Å². The number of nitrogens with zero attached hydrogens (tertiary/aromatic N) is 1. The molecule has 1 nitrogen and oxygen atoms in total. The summed E-state index contributed by atoms with van der Waals surface area (Å²) in [7, 11) is 0. The fourth-order valence-electron chi connectivity index (χ4n) is 1.95. The predicted molar refractivity (Wildman–Crippen MR) is 64.6 cm³/mol. The van der Waals surface area contributed by atoms with Crippen LogP contribution < -0.4 is 0 Å². The van der Waals surface area contributed by atoms with E-state index in [2.05, 4.69) is 50.0 Å². The highest BCUT2D eigenvalue weighted by atomic mass is 14.7. The summed E-state index contributed by atoms with van der Waals surface area (Å²) >= 11 is 0. The van der Waals surface area contributed by atoms with E-state index in [0.717, 1.165) is 5.69 Å². The maximum Gasteiger partial charge on any atom is 0.0667 e. The van der Waals surface area contributed by atoms with Crippen molar-refractivity contribution in [2.75, 3.05) is 0 Å². The summed E-state index contributed by atoms with van der Waals surface area (Å²) in [5.41, 5.74) is 3.84. The largest absolute Gasteiger partial charge is 0.257 e. The molecule has 0 radical (unpaired) electrons. The normalized spacial score (nSPS) is 19.7. The molecule has 0 aliphatic heterocycles. The minimum Gasteiger partial charge on any atom is -0.257 e. The monoisotopic (exact) mass is 199 g/mol. The van der Waals surface area contributed by atoms with Crippen LogP contribution in [0.4, 0.5) is 0 Å². The van der Waals surface area contributed by atoms with Gasteiger partial charge in [0.2, 0.25) is 0 Å². The molecule has 78 valence electrons. The third-order valence-electron chi connectivity index (χ3n) is 2.90. The van der Waals surface area contributed by atoms with E-state index in [4.69, 9.17) is 0 Å². The van der Waals surface area contributed by atoms with Crippen LogP contribution in [-0.4, -0.2) is 4.98 Å². The number of fused-ring (bicyclic) bond motifs is 1. The zero-order valence-corrected chi connectivity index (χ0v) is 9.57. The van der Waals surface area contributed by atoms with Crippen molar-refractivity contribution in [2.45, 2.75) is 26.7 Å². The van der Waals surface area contributed by atoms with E-state index >= 15 is 0 Å². The molecule has 1 aromatic heterocycles. The predicted octanol–water partition coefficient (Wildman–Crippen LogP) is 3.79. The molecule has 0 bridgehead atoms. The molecule has 1 heteroatoms. The SMILES string of the molecule is CC(C)C1=CC(C)c2cccnc2C=C1. The van der Waals surface area contributed by atoms with Gasteiger partial charge < -0.3 is 0 Å². The minimum absolute atomic E-state index is 0.459. The molecule has 1 aliphatic carbocycles. The molecule has 0 spiro atoms. The van der Waals surface area contributed by atoms with E-state index in [9.17, 15) is 0 Å². The van der Waals surface area contributed by atoms with E-state index in [0.29, 0.717) is 11.8 Å². The lowest BCUT2D eigenvalue weighted by atomic mass is 9.96. The Bertz CT molecular complexity index is 413. The quantitative estimate of drug-likeness (QED) is 0.670. The van der Waals surface area contributed by atoms with Gasteiger partial charge in [0.1, 0.15) is 0 Å². The smallest absolute Gasteiger partial charge is 0.0667 e. The van der Waals surface area contributed by atoms with Gasteiger partial charge in [-0.3, -0.25) is 4.98 Å². The van der Waals surface area contributed by atoms with Crippen molar-refractivity contribution in [1.82, 2.24) is 4.98 Å². The number of rotatable bonds is 1. The Hall–Kier alpha value is -1.37. The van der Waals surface area contributed by atoms with E-state index in [-0.39, 0.29) is 0 Å². The van der Waals surface area contributed by atoms with Gasteiger partial charge in [0.05, 0.1) is 5.69 Å². The third kappa shape index (κ3) is 2.01. The fourth-order valence-corrected chi connectivity index (χ4v) is 1.95. The number of hydrogen-bond acceptors (Lipinski definition) is 1. The second kappa shape index (κ2) is 4.01. The highest BCUT2D eigenvalue weighted by Gasteiger charge is 2.12. The van der Waals surface area contributed by atoms with E-state index in [1.54, 1.807) is 0 Å². The van der Waals surface area contributed by atoms with Crippen molar-refractivity contribution < 1.29 is 0 Å². The lowest BCUT2D eigenvalue weighted by molar-refractivity contribution is 0.778. The summed E-state index contributed by atoms with van der Waals surface area (Å²) in [4.78, 5) is 4.40. The van der Waals surface area contributed by atoms with Crippen molar-refractivity contribution in [2.24, 2.45) is 5.92 Å². The summed E-state index contributed by atoms with van der Waals surface area (Å²) in [6.07, 6.45) is 8.52. The van der Waals surface area contributed by atoms with Gasteiger partial charge in [0.15, 0.2) is 0 Å². The molecule has 0 N–H and O–H groups in total. The van der Waals surface area contributed by atoms with Crippen molar-refractivity contribution in [3.63, 3.8) is 0 Å². The Morgan fingerprint density at radius 1 is 1.27 bits per heavy atom. The first-order chi connectivity index (χ1) is 7.18. The molecule has 0 amide bonds. The molecule has 0 fully saturated rings. The Balaban J connectivity index is 2.46. The van der Waals surface area contributed by atoms with E-state index in [1.807, 2.05) is 12.3 Å². The minimum atomic E-state index is 0.459. The van der Waals surface area contributed by atoms with Crippen LogP contribution in [0, 0.1) is 5.92 Å². The molecule has 1 aliphatic rings. The van der Waals surface area contributed by atoms with Gasteiger partial charge in [-0.15, -0.1) is 0 Å². The molecule has 0 aromatic carbocycles. The molecule has 1 unspecified atom stereocenters. The van der Waals surface area contributed by atoms with Crippen LogP contribution in [0.15, 0.2) is 36.1 Å². The van der Waals surface area contributed by atoms with Crippen LogP contribution in [0.1, 0.15) is 37.9 Å². The average Bonchev–Trinajstić information content (AvgIpc) is 2.39. The Kier molecular flexibility index (Phi) is 2.72. The first-order valence-electron chi connectivity index (χ1n) is 5.53. The van der Waals surface area contributed by atoms with Gasteiger partial charge in [-0.25, -0.2) is 0 Å². The summed E-state index contributed by atoms with van der Waals surface area (Å²) in [5, 5.41) is 0. The maximum absolute atomic E-state index is 4.40. The molecular formula is C14H17N. The second-order valence-corrected chi connectivity index (χ2v) is 4.42. The molecule has 1 aromatic rings. The first-order valence-corrected chi connectivity index (χ1v) is 5.53. The molecular weight excluding hydrogens is 182 g/mol. The molecule has 0 saturated heterocycles. The van der Waals surface area contributed by atoms with Crippen LogP contribution in [0.3, 0.4) is 0 Å². The third-order valence-corrected chi connectivity index (χ3v) is 2.90. The lowest BCUT2D eigenvalue weighted by Crippen LogP contribution is -1.95. The van der Waals surface area contributed by atoms with E-state index in [1.165, 1.54) is 11.1 Å². The first kappa shape index (κ1) is 10.2. The Morgan fingerprint density at radius 3 is 2.80 bits per heavy atom. The number of pyridine rings is 1. The fraction of sp³-hybridized carbons (Fsp3) is 0.357. The highest BCUT2D eigenvalue weighted by Crippen LogP contribution is 2.28. The van der Waals surface area contributed by atoms with Crippen LogP contribution >= 0.6 is 0 Å². The van der Waals surface area contributed by atoms with Crippen LogP contribution in [0.25, 0.3) is 6.08 Å². The van der Waals surface area contributed by atoms with Crippen molar-refractivity contribution in [1.29, 1.82) is 0 Å². The molecule has 0 saturated carbocycles. The standard InChI is InChI=1S/C14H17N/c1-10(2)12-6-7-14-13(11(3)9-12)5-4-8-15-14/h4-11H,1-3H3. The van der Waals surface area contributed by atoms with Gasteiger partial charge in [-0.2, -0.15) is 0 Å². The average molecular weight is 199 g/mol. The summed E-state index contributed by atoms with van der Waals surface area (Å²) in [5.74, 6) is 1.04. The van der Waals surface area contributed by atoms with Crippen LogP contribution in [0.5, 0.6) is 0 Å². The molecule has 1 heterocycles. The summed E-state index contributed by atoms with van der Waals surface area (Å²) in [6, 6.07) is 4.18. The Labute approximate surface area is 91.6 Å². The van der Waals surface area contributed by atoms with Gasteiger partial charge in [-0.05, 0) is 29.2 Å². The number of allylic oxidation sites excluding steroid dienone is 3. The summed E-state index contributed by atoms with van der Waals surface area (Å²) in [6.45, 7) is 6.69. The van der Waals surface area contributed by atoms with Crippen LogP contribution in [0.2, 0.25) is 0 Å². The lowest BCUT2D eigenvalue weighted by Gasteiger charge is -2.10. The maximum atomic E-state index is 4.40. The van der Waals surface area contributed by atoms with Crippen molar-refractivity contribution in [3.8, 4) is 0 Å². The van der Waals surface area contributed by atoms with Gasteiger partial charge in [0.25, 0.3) is 0 Å². The molecule has 1 atom stereocenters. The topological polar surface area (TPSA) is 12.9 Å². The zero-order chi connectivity index (χ0) is 10.8. The van der Waals surface area contributed by atoms with Crippen molar-refractivity contribution in [3.05, 3.63) is 47.3 Å². The highest BCUT2D eigenvalue weighted by molar-refractivity contribution is 5.57. The summed E-state index contributed by atoms with van der Waals surface area (Å²) < 4.78 is 0. The van der Waals surface area contributed by atoms with Crippen molar-refractivity contribution >= 4 is 6.08 Å². The van der Waals surface area contributed by atoms with Gasteiger partial charge in [-0.1, -0.05) is 39.0 Å². The number of aromatic nitrogens is 1. The number of hydrogen-bond donors (Lipinski definition) is 0. The zero-order valence-electron chi connectivity index (χ0n) is 9.57. The molecule has 15 heavy (non-hydrogen) atoms. The van der Waals surface area contributed by atoms with Gasteiger partial charge >= 0.3 is 0 Å². The van der Waals surface area contributed by atoms with Crippen LogP contribution in [-0.2, 0) is 0 Å². The molecule has 2 rings (SSSR count). The van der Waals surface area contributed by atoms with Gasteiger partial charge in [0, 0.05) is 12.1 Å². The second-order valence-electron chi connectivity index (χ2n) is 4.42.